The predicted octanol–water partition coefficient (Wildman–Crippen LogP) is 1.16. The fraction of sp³-hybridized carbons (Fsp3) is 0.417. The molecule has 0 saturated heterocycles. The second-order valence-electron chi connectivity index (χ2n) is 4.14. The lowest BCUT2D eigenvalue weighted by atomic mass is 10.2. The lowest BCUT2D eigenvalue weighted by molar-refractivity contribution is -0.127. The van der Waals surface area contributed by atoms with E-state index in [0.717, 1.165) is 5.56 Å². The van der Waals surface area contributed by atoms with Gasteiger partial charge in [0, 0.05) is 24.7 Å². The van der Waals surface area contributed by atoms with Gasteiger partial charge < -0.3 is 10.6 Å². The molecule has 5 heteroatoms. The monoisotopic (exact) mass is 254 g/mol. The third kappa shape index (κ3) is 2.85. The van der Waals surface area contributed by atoms with Crippen molar-refractivity contribution >= 4 is 22.4 Å². The zero-order chi connectivity index (χ0) is 13.2. The molecule has 4 nitrogen and oxygen atoms in total. The smallest absolute Gasteiger partial charge is 0.237 e. The molecule has 17 heavy (non-hydrogen) atoms. The topological polar surface area (TPSA) is 63.4 Å². The summed E-state index contributed by atoms with van der Waals surface area (Å²) in [6.07, 6.45) is 0. The van der Waals surface area contributed by atoms with Crippen LogP contribution >= 0.6 is 0 Å². The molecule has 2 unspecified atom stereocenters. The molecule has 0 aliphatic carbocycles. The lowest BCUT2D eigenvalue weighted by Crippen LogP contribution is -2.34. The van der Waals surface area contributed by atoms with Crippen LogP contribution < -0.4 is 5.73 Å². The van der Waals surface area contributed by atoms with Crippen molar-refractivity contribution in [3.63, 3.8) is 0 Å². The Labute approximate surface area is 104 Å². The first-order valence-corrected chi connectivity index (χ1v) is 6.54. The van der Waals surface area contributed by atoms with E-state index in [-0.39, 0.29) is 5.91 Å². The standard InChI is InChI=1S/C12H18N2O2S/c1-8-10(13)6-5-7-11(8)17(16)9(2)12(15)14(3)4/h5-7,9H,13H2,1-4H3. The number of carbonyl (C=O) groups excluding carboxylic acids is 1. The molecule has 94 valence electrons. The lowest BCUT2D eigenvalue weighted by Gasteiger charge is -2.17. The van der Waals surface area contributed by atoms with Crippen molar-refractivity contribution < 1.29 is 9.00 Å². The van der Waals surface area contributed by atoms with Gasteiger partial charge in [0.15, 0.2) is 0 Å². The van der Waals surface area contributed by atoms with E-state index >= 15 is 0 Å². The number of benzene rings is 1. The molecule has 1 rings (SSSR count). The van der Waals surface area contributed by atoms with Gasteiger partial charge in [0.25, 0.3) is 0 Å². The summed E-state index contributed by atoms with van der Waals surface area (Å²) >= 11 is 0. The maximum atomic E-state index is 12.3. The van der Waals surface area contributed by atoms with Gasteiger partial charge >= 0.3 is 0 Å². The second-order valence-corrected chi connectivity index (χ2v) is 5.88. The third-order valence-corrected chi connectivity index (χ3v) is 4.37. The van der Waals surface area contributed by atoms with Gasteiger partial charge in [-0.1, -0.05) is 6.07 Å². The molecule has 0 aromatic heterocycles. The van der Waals surface area contributed by atoms with E-state index in [2.05, 4.69) is 0 Å². The Morgan fingerprint density at radius 2 is 2.00 bits per heavy atom. The fourth-order valence-electron chi connectivity index (χ4n) is 1.50. The quantitative estimate of drug-likeness (QED) is 0.823. The minimum atomic E-state index is -1.37. The molecule has 2 N–H and O–H groups in total. The molecule has 0 radical (unpaired) electrons. The van der Waals surface area contributed by atoms with Crippen molar-refractivity contribution in [3.05, 3.63) is 23.8 Å². The number of nitrogen functional groups attached to an aromatic ring is 1. The van der Waals surface area contributed by atoms with Crippen LogP contribution in [-0.4, -0.2) is 34.4 Å². The van der Waals surface area contributed by atoms with Gasteiger partial charge in [0.2, 0.25) is 5.91 Å². The molecule has 1 amide bonds. The van der Waals surface area contributed by atoms with Gasteiger partial charge in [-0.05, 0) is 31.5 Å². The normalized spacial score (nSPS) is 14.1. The van der Waals surface area contributed by atoms with E-state index < -0.39 is 16.0 Å². The molecule has 0 heterocycles. The van der Waals surface area contributed by atoms with Crippen LogP contribution in [0.25, 0.3) is 0 Å². The van der Waals surface area contributed by atoms with Gasteiger partial charge in [0.05, 0.1) is 10.8 Å². The van der Waals surface area contributed by atoms with Crippen LogP contribution in [0.5, 0.6) is 0 Å². The van der Waals surface area contributed by atoms with Crippen molar-refractivity contribution in [3.8, 4) is 0 Å². The molecule has 0 aliphatic heterocycles. The van der Waals surface area contributed by atoms with Crippen LogP contribution in [0.2, 0.25) is 0 Å². The van der Waals surface area contributed by atoms with E-state index in [1.165, 1.54) is 4.90 Å². The Morgan fingerprint density at radius 1 is 1.41 bits per heavy atom. The summed E-state index contributed by atoms with van der Waals surface area (Å²) < 4.78 is 12.3. The number of anilines is 1. The van der Waals surface area contributed by atoms with Crippen molar-refractivity contribution in [1.29, 1.82) is 0 Å². The summed E-state index contributed by atoms with van der Waals surface area (Å²) in [6, 6.07) is 5.26. The zero-order valence-electron chi connectivity index (χ0n) is 10.6. The van der Waals surface area contributed by atoms with E-state index in [1.807, 2.05) is 6.92 Å². The minimum Gasteiger partial charge on any atom is -0.398 e. The largest absolute Gasteiger partial charge is 0.398 e. The highest BCUT2D eigenvalue weighted by Crippen LogP contribution is 2.21. The Kier molecular flexibility index (Phi) is 4.28. The molecular formula is C12H18N2O2S. The molecule has 0 saturated carbocycles. The van der Waals surface area contributed by atoms with Crippen molar-refractivity contribution in [2.24, 2.45) is 0 Å². The van der Waals surface area contributed by atoms with E-state index in [1.54, 1.807) is 39.2 Å². The molecule has 1 aromatic rings. The number of rotatable bonds is 3. The van der Waals surface area contributed by atoms with Crippen LogP contribution in [0.4, 0.5) is 5.69 Å². The van der Waals surface area contributed by atoms with Crippen LogP contribution in [0.1, 0.15) is 12.5 Å². The van der Waals surface area contributed by atoms with Crippen molar-refractivity contribution in [1.82, 2.24) is 4.90 Å². The third-order valence-electron chi connectivity index (χ3n) is 2.65. The van der Waals surface area contributed by atoms with Crippen LogP contribution in [0.15, 0.2) is 23.1 Å². The Hall–Kier alpha value is -1.36. The number of amides is 1. The number of nitrogens with two attached hydrogens (primary N) is 1. The highest BCUT2D eigenvalue weighted by atomic mass is 32.2. The summed E-state index contributed by atoms with van der Waals surface area (Å²) in [5.74, 6) is -0.148. The van der Waals surface area contributed by atoms with Gasteiger partial charge in [-0.15, -0.1) is 0 Å². The summed E-state index contributed by atoms with van der Waals surface area (Å²) in [5.41, 5.74) is 7.14. The number of hydrogen-bond donors (Lipinski definition) is 1. The highest BCUT2D eigenvalue weighted by Gasteiger charge is 2.24. The van der Waals surface area contributed by atoms with Gasteiger partial charge in [0.1, 0.15) is 5.25 Å². The van der Waals surface area contributed by atoms with Crippen LogP contribution in [0.3, 0.4) is 0 Å². The number of nitrogens with zero attached hydrogens (tertiary/aromatic N) is 1. The summed E-state index contributed by atoms with van der Waals surface area (Å²) in [5, 5.41) is -0.564. The predicted molar refractivity (Wildman–Crippen MR) is 70.2 cm³/mol. The molecule has 0 aliphatic rings. The average molecular weight is 254 g/mol. The van der Waals surface area contributed by atoms with Gasteiger partial charge in [-0.2, -0.15) is 0 Å². The summed E-state index contributed by atoms with van der Waals surface area (Å²) in [6.45, 7) is 3.48. The highest BCUT2D eigenvalue weighted by molar-refractivity contribution is 7.86. The molecule has 0 fully saturated rings. The van der Waals surface area contributed by atoms with Crippen molar-refractivity contribution in [2.75, 3.05) is 19.8 Å². The maximum Gasteiger partial charge on any atom is 0.237 e. The maximum absolute atomic E-state index is 12.3. The van der Waals surface area contributed by atoms with E-state index in [0.29, 0.717) is 10.6 Å². The minimum absolute atomic E-state index is 0.148. The molecule has 0 spiro atoms. The number of hydrogen-bond acceptors (Lipinski definition) is 3. The Morgan fingerprint density at radius 3 is 2.53 bits per heavy atom. The first-order chi connectivity index (χ1) is 7.86. The summed E-state index contributed by atoms with van der Waals surface area (Å²) in [7, 11) is 1.94. The van der Waals surface area contributed by atoms with Crippen LogP contribution in [-0.2, 0) is 15.6 Å². The fourth-order valence-corrected chi connectivity index (χ4v) is 2.90. The van der Waals surface area contributed by atoms with Crippen LogP contribution in [0, 0.1) is 6.92 Å². The van der Waals surface area contributed by atoms with Gasteiger partial charge in [-0.3, -0.25) is 9.00 Å². The first kappa shape index (κ1) is 13.7. The average Bonchev–Trinajstić information content (AvgIpc) is 2.29. The molecular weight excluding hydrogens is 236 g/mol. The molecule has 0 bridgehead atoms. The molecule has 1 aromatic carbocycles. The second kappa shape index (κ2) is 5.31. The van der Waals surface area contributed by atoms with Crippen molar-refractivity contribution in [2.45, 2.75) is 24.0 Å². The Bertz CT molecular complexity index is 458. The zero-order valence-corrected chi connectivity index (χ0v) is 11.4. The SMILES string of the molecule is Cc1c(N)cccc1S(=O)C(C)C(=O)N(C)C. The summed E-state index contributed by atoms with van der Waals surface area (Å²) in [4.78, 5) is 13.8. The van der Waals surface area contributed by atoms with Gasteiger partial charge in [-0.25, -0.2) is 0 Å². The van der Waals surface area contributed by atoms with E-state index in [4.69, 9.17) is 5.73 Å². The Balaban J connectivity index is 3.05. The van der Waals surface area contributed by atoms with E-state index in [9.17, 15) is 9.00 Å². The number of carbonyl (C=O) groups is 1. The first-order valence-electron chi connectivity index (χ1n) is 5.33. The molecule has 2 atom stereocenters.